The predicted molar refractivity (Wildman–Crippen MR) is 85.6 cm³/mol. The van der Waals surface area contributed by atoms with E-state index < -0.39 is 0 Å². The van der Waals surface area contributed by atoms with Crippen LogP contribution < -0.4 is 0 Å². The Morgan fingerprint density at radius 3 is 3.14 bits per heavy atom. The van der Waals surface area contributed by atoms with Crippen LogP contribution in [-0.4, -0.2) is 46.9 Å². The van der Waals surface area contributed by atoms with Crippen molar-refractivity contribution in [1.29, 1.82) is 0 Å². The summed E-state index contributed by atoms with van der Waals surface area (Å²) >= 11 is 0. The van der Waals surface area contributed by atoms with Gasteiger partial charge in [0.25, 0.3) is 0 Å². The molecule has 2 aromatic rings. The predicted octanol–water partition coefficient (Wildman–Crippen LogP) is 2.45. The van der Waals surface area contributed by atoms with Gasteiger partial charge in [-0.2, -0.15) is 5.10 Å². The average Bonchev–Trinajstić information content (AvgIpc) is 3.17. The van der Waals surface area contributed by atoms with Gasteiger partial charge >= 0.3 is 0 Å². The number of para-hydroxylation sites is 1. The van der Waals surface area contributed by atoms with Gasteiger partial charge in [-0.3, -0.25) is 9.48 Å². The van der Waals surface area contributed by atoms with Gasteiger partial charge in [0.15, 0.2) is 0 Å². The molecule has 5 heteroatoms. The van der Waals surface area contributed by atoms with E-state index in [0.29, 0.717) is 12.6 Å². The van der Waals surface area contributed by atoms with Crippen molar-refractivity contribution in [3.8, 4) is 0 Å². The Morgan fingerprint density at radius 2 is 2.32 bits per heavy atom. The highest BCUT2D eigenvalue weighted by Crippen LogP contribution is 2.17. The Morgan fingerprint density at radius 1 is 1.45 bits per heavy atom. The van der Waals surface area contributed by atoms with E-state index in [1.165, 1.54) is 6.42 Å². The Balaban J connectivity index is 1.50. The number of amides is 1. The SMILES string of the molecule is CN(CCCC1CCCO1)C(=O)Cn1ncc2ccccc21. The smallest absolute Gasteiger partial charge is 0.244 e. The number of fused-ring (bicyclic) bond motifs is 1. The molecule has 1 saturated heterocycles. The van der Waals surface area contributed by atoms with E-state index in [9.17, 15) is 4.79 Å². The van der Waals surface area contributed by atoms with Gasteiger partial charge < -0.3 is 9.64 Å². The van der Waals surface area contributed by atoms with Crippen molar-refractivity contribution < 1.29 is 9.53 Å². The summed E-state index contributed by atoms with van der Waals surface area (Å²) in [4.78, 5) is 14.1. The van der Waals surface area contributed by atoms with Crippen LogP contribution in [0.5, 0.6) is 0 Å². The number of carbonyl (C=O) groups is 1. The third-order valence-electron chi connectivity index (χ3n) is 4.31. The molecule has 1 unspecified atom stereocenters. The highest BCUT2D eigenvalue weighted by atomic mass is 16.5. The molecular weight excluding hydrogens is 278 g/mol. The minimum absolute atomic E-state index is 0.0983. The second-order valence-electron chi connectivity index (χ2n) is 5.95. The first-order valence-electron chi connectivity index (χ1n) is 8.00. The van der Waals surface area contributed by atoms with Crippen LogP contribution in [-0.2, 0) is 16.1 Å². The number of benzene rings is 1. The second-order valence-corrected chi connectivity index (χ2v) is 5.95. The molecule has 5 nitrogen and oxygen atoms in total. The highest BCUT2D eigenvalue weighted by molar-refractivity contribution is 5.81. The summed E-state index contributed by atoms with van der Waals surface area (Å²) in [5.74, 6) is 0.0983. The number of aromatic nitrogens is 2. The molecule has 1 aromatic carbocycles. The number of hydrogen-bond acceptors (Lipinski definition) is 3. The van der Waals surface area contributed by atoms with Crippen molar-refractivity contribution in [3.05, 3.63) is 30.5 Å². The number of carbonyl (C=O) groups excluding carboxylic acids is 1. The van der Waals surface area contributed by atoms with Crippen molar-refractivity contribution in [1.82, 2.24) is 14.7 Å². The molecular formula is C17H23N3O2. The van der Waals surface area contributed by atoms with Gasteiger partial charge in [-0.05, 0) is 31.7 Å². The zero-order chi connectivity index (χ0) is 15.4. The minimum atomic E-state index is 0.0983. The number of likely N-dealkylation sites (N-methyl/N-ethyl adjacent to an activating group) is 1. The molecule has 0 N–H and O–H groups in total. The lowest BCUT2D eigenvalue weighted by atomic mass is 10.1. The van der Waals surface area contributed by atoms with E-state index in [0.717, 1.165) is 43.3 Å². The Labute approximate surface area is 130 Å². The molecule has 0 radical (unpaired) electrons. The van der Waals surface area contributed by atoms with Gasteiger partial charge in [-0.25, -0.2) is 0 Å². The fraction of sp³-hybridized carbons (Fsp3) is 0.529. The van der Waals surface area contributed by atoms with Crippen molar-refractivity contribution in [3.63, 3.8) is 0 Å². The van der Waals surface area contributed by atoms with Gasteiger partial charge in [0.1, 0.15) is 6.54 Å². The Bertz CT molecular complexity index is 632. The molecule has 118 valence electrons. The second kappa shape index (κ2) is 6.92. The maximum atomic E-state index is 12.3. The van der Waals surface area contributed by atoms with E-state index in [-0.39, 0.29) is 5.91 Å². The molecule has 1 aliphatic rings. The summed E-state index contributed by atoms with van der Waals surface area (Å²) in [7, 11) is 1.86. The van der Waals surface area contributed by atoms with Gasteiger partial charge in [-0.1, -0.05) is 18.2 Å². The molecule has 0 spiro atoms. The molecule has 3 rings (SSSR count). The van der Waals surface area contributed by atoms with Crippen molar-refractivity contribution >= 4 is 16.8 Å². The Hall–Kier alpha value is -1.88. The average molecular weight is 301 g/mol. The van der Waals surface area contributed by atoms with E-state index >= 15 is 0 Å². The third-order valence-corrected chi connectivity index (χ3v) is 4.31. The number of nitrogens with zero attached hydrogens (tertiary/aromatic N) is 3. The van der Waals surface area contributed by atoms with E-state index in [4.69, 9.17) is 4.74 Å². The van der Waals surface area contributed by atoms with Crippen LogP contribution in [0, 0.1) is 0 Å². The molecule has 0 aliphatic carbocycles. The number of rotatable bonds is 6. The lowest BCUT2D eigenvalue weighted by Crippen LogP contribution is -2.31. The maximum absolute atomic E-state index is 12.3. The molecule has 1 atom stereocenters. The summed E-state index contributed by atoms with van der Waals surface area (Å²) < 4.78 is 7.38. The maximum Gasteiger partial charge on any atom is 0.244 e. The van der Waals surface area contributed by atoms with Crippen molar-refractivity contribution in [2.24, 2.45) is 0 Å². The highest BCUT2D eigenvalue weighted by Gasteiger charge is 2.16. The van der Waals surface area contributed by atoms with Crippen molar-refractivity contribution in [2.45, 2.75) is 38.3 Å². The van der Waals surface area contributed by atoms with Crippen LogP contribution in [0.4, 0.5) is 0 Å². The van der Waals surface area contributed by atoms with Crippen molar-refractivity contribution in [2.75, 3.05) is 20.2 Å². The molecule has 1 amide bonds. The summed E-state index contributed by atoms with van der Waals surface area (Å²) in [6.07, 6.45) is 6.58. The molecule has 2 heterocycles. The first-order chi connectivity index (χ1) is 10.7. The largest absolute Gasteiger partial charge is 0.378 e. The molecule has 0 bridgehead atoms. The summed E-state index contributed by atoms with van der Waals surface area (Å²) in [6.45, 7) is 1.97. The summed E-state index contributed by atoms with van der Waals surface area (Å²) in [6, 6.07) is 7.95. The Kier molecular flexibility index (Phi) is 4.73. The van der Waals surface area contributed by atoms with Crippen LogP contribution in [0.15, 0.2) is 30.5 Å². The molecule has 1 aromatic heterocycles. The number of ether oxygens (including phenoxy) is 1. The quantitative estimate of drug-likeness (QED) is 0.823. The van der Waals surface area contributed by atoms with Crippen LogP contribution >= 0.6 is 0 Å². The van der Waals surface area contributed by atoms with Gasteiger partial charge in [0, 0.05) is 25.6 Å². The van der Waals surface area contributed by atoms with Gasteiger partial charge in [-0.15, -0.1) is 0 Å². The first kappa shape index (κ1) is 15.0. The van der Waals surface area contributed by atoms with Crippen LogP contribution in [0.1, 0.15) is 25.7 Å². The lowest BCUT2D eigenvalue weighted by molar-refractivity contribution is -0.130. The fourth-order valence-electron chi connectivity index (χ4n) is 2.95. The fourth-order valence-corrected chi connectivity index (χ4v) is 2.95. The molecule has 1 fully saturated rings. The summed E-state index contributed by atoms with van der Waals surface area (Å²) in [5, 5.41) is 5.38. The summed E-state index contributed by atoms with van der Waals surface area (Å²) in [5.41, 5.74) is 1.00. The minimum Gasteiger partial charge on any atom is -0.378 e. The van der Waals surface area contributed by atoms with Gasteiger partial charge in [0.2, 0.25) is 5.91 Å². The zero-order valence-electron chi connectivity index (χ0n) is 13.1. The van der Waals surface area contributed by atoms with Crippen LogP contribution in [0.2, 0.25) is 0 Å². The van der Waals surface area contributed by atoms with Crippen LogP contribution in [0.3, 0.4) is 0 Å². The van der Waals surface area contributed by atoms with E-state index in [1.54, 1.807) is 15.8 Å². The molecule has 1 aliphatic heterocycles. The first-order valence-corrected chi connectivity index (χ1v) is 8.00. The normalized spacial score (nSPS) is 18.0. The monoisotopic (exact) mass is 301 g/mol. The van der Waals surface area contributed by atoms with E-state index in [2.05, 4.69) is 5.10 Å². The lowest BCUT2D eigenvalue weighted by Gasteiger charge is -2.18. The number of hydrogen-bond donors (Lipinski definition) is 0. The van der Waals surface area contributed by atoms with Gasteiger partial charge in [0.05, 0.1) is 17.8 Å². The zero-order valence-corrected chi connectivity index (χ0v) is 13.1. The van der Waals surface area contributed by atoms with Crippen LogP contribution in [0.25, 0.3) is 10.9 Å². The third kappa shape index (κ3) is 3.47. The molecule has 22 heavy (non-hydrogen) atoms. The topological polar surface area (TPSA) is 47.4 Å². The standard InChI is InChI=1S/C17H23N3O2/c1-19(10-4-7-15-8-5-11-22-15)17(21)13-20-16-9-3-2-6-14(16)12-18-20/h2-3,6,9,12,15H,4-5,7-8,10-11,13H2,1H3. The van der Waals surface area contributed by atoms with E-state index in [1.807, 2.05) is 31.3 Å². The molecule has 0 saturated carbocycles.